The van der Waals surface area contributed by atoms with Gasteiger partial charge in [0.15, 0.2) is 0 Å². The largest absolute Gasteiger partial charge is 0.336 e. The fraction of sp³-hybridized carbons (Fsp3) is 0.611. The van der Waals surface area contributed by atoms with E-state index in [2.05, 4.69) is 48.3 Å². The van der Waals surface area contributed by atoms with E-state index in [1.54, 1.807) is 0 Å². The average Bonchev–Trinajstić information content (AvgIpc) is 2.56. The van der Waals surface area contributed by atoms with Crippen LogP contribution in [0.3, 0.4) is 0 Å². The highest BCUT2D eigenvalue weighted by Crippen LogP contribution is 2.25. The molecule has 1 aromatic carbocycles. The molecule has 0 saturated carbocycles. The topological polar surface area (TPSA) is 32.3 Å². The van der Waals surface area contributed by atoms with Gasteiger partial charge in [0.2, 0.25) is 5.91 Å². The van der Waals surface area contributed by atoms with Gasteiger partial charge in [-0.2, -0.15) is 0 Å². The van der Waals surface area contributed by atoms with Crippen molar-refractivity contribution in [3.05, 3.63) is 35.9 Å². The Morgan fingerprint density at radius 2 is 1.91 bits per heavy atom. The Labute approximate surface area is 140 Å². The van der Waals surface area contributed by atoms with Crippen LogP contribution in [0.15, 0.2) is 30.3 Å². The van der Waals surface area contributed by atoms with Gasteiger partial charge in [-0.05, 0) is 44.8 Å². The third-order valence-electron chi connectivity index (χ3n) is 4.47. The SMILES string of the molecule is CCCCN(C(=O)C1CCNCC1)C(C)c1ccccc1.Cl. The van der Waals surface area contributed by atoms with E-state index in [1.807, 2.05) is 6.07 Å². The van der Waals surface area contributed by atoms with Crippen LogP contribution in [0.1, 0.15) is 51.1 Å². The molecule has 1 aromatic rings. The van der Waals surface area contributed by atoms with Crippen LogP contribution >= 0.6 is 12.4 Å². The minimum absolute atomic E-state index is 0. The molecule has 124 valence electrons. The van der Waals surface area contributed by atoms with Gasteiger partial charge in [0.1, 0.15) is 0 Å². The summed E-state index contributed by atoms with van der Waals surface area (Å²) in [5.41, 5.74) is 1.23. The molecule has 1 N–H and O–H groups in total. The summed E-state index contributed by atoms with van der Waals surface area (Å²) in [5, 5.41) is 3.34. The first-order valence-corrected chi connectivity index (χ1v) is 8.30. The molecule has 22 heavy (non-hydrogen) atoms. The normalized spacial score (nSPS) is 16.6. The van der Waals surface area contributed by atoms with E-state index >= 15 is 0 Å². The number of rotatable bonds is 6. The first-order valence-electron chi connectivity index (χ1n) is 8.30. The van der Waals surface area contributed by atoms with Crippen molar-refractivity contribution in [3.8, 4) is 0 Å². The number of halogens is 1. The van der Waals surface area contributed by atoms with Gasteiger partial charge in [-0.25, -0.2) is 0 Å². The standard InChI is InChI=1S/C18H28N2O.ClH/c1-3-4-14-20(15(2)16-8-6-5-7-9-16)18(21)17-10-12-19-13-11-17;/h5-9,15,17,19H,3-4,10-14H2,1-2H3;1H. The average molecular weight is 325 g/mol. The molecule has 1 unspecified atom stereocenters. The zero-order chi connectivity index (χ0) is 15.1. The molecule has 0 aliphatic carbocycles. The van der Waals surface area contributed by atoms with Crippen LogP contribution in [0, 0.1) is 5.92 Å². The van der Waals surface area contributed by atoms with Crippen LogP contribution in [-0.2, 0) is 4.79 Å². The van der Waals surface area contributed by atoms with Gasteiger partial charge in [0.25, 0.3) is 0 Å². The molecule has 0 aromatic heterocycles. The van der Waals surface area contributed by atoms with E-state index in [4.69, 9.17) is 0 Å². The molecule has 2 rings (SSSR count). The van der Waals surface area contributed by atoms with E-state index in [1.165, 1.54) is 5.56 Å². The number of carbonyl (C=O) groups is 1. The monoisotopic (exact) mass is 324 g/mol. The summed E-state index contributed by atoms with van der Waals surface area (Å²) < 4.78 is 0. The highest BCUT2D eigenvalue weighted by molar-refractivity contribution is 5.85. The van der Waals surface area contributed by atoms with Gasteiger partial charge in [-0.15, -0.1) is 12.4 Å². The second kappa shape index (κ2) is 9.86. The molecule has 1 amide bonds. The molecular weight excluding hydrogens is 296 g/mol. The molecule has 0 bridgehead atoms. The Morgan fingerprint density at radius 1 is 1.27 bits per heavy atom. The van der Waals surface area contributed by atoms with Crippen LogP contribution < -0.4 is 5.32 Å². The summed E-state index contributed by atoms with van der Waals surface area (Å²) in [5.74, 6) is 0.551. The molecular formula is C18H29ClN2O. The van der Waals surface area contributed by atoms with Crippen molar-refractivity contribution in [1.82, 2.24) is 10.2 Å². The molecule has 1 fully saturated rings. The number of hydrogen-bond donors (Lipinski definition) is 1. The zero-order valence-electron chi connectivity index (χ0n) is 13.8. The van der Waals surface area contributed by atoms with Crippen LogP contribution in [0.5, 0.6) is 0 Å². The van der Waals surface area contributed by atoms with Crippen molar-refractivity contribution in [2.45, 2.75) is 45.6 Å². The van der Waals surface area contributed by atoms with Crippen molar-refractivity contribution >= 4 is 18.3 Å². The lowest BCUT2D eigenvalue weighted by Crippen LogP contribution is -2.42. The third-order valence-corrected chi connectivity index (χ3v) is 4.47. The van der Waals surface area contributed by atoms with Crippen LogP contribution in [0.25, 0.3) is 0 Å². The Kier molecular flexibility index (Phi) is 8.51. The van der Waals surface area contributed by atoms with E-state index in [-0.39, 0.29) is 24.4 Å². The maximum atomic E-state index is 12.9. The lowest BCUT2D eigenvalue weighted by atomic mass is 9.95. The summed E-state index contributed by atoms with van der Waals surface area (Å²) in [6.45, 7) is 7.15. The Hall–Kier alpha value is -1.06. The fourth-order valence-corrected chi connectivity index (χ4v) is 3.04. The first kappa shape index (κ1) is 19.0. The predicted octanol–water partition coefficient (Wildman–Crippen LogP) is 3.80. The lowest BCUT2D eigenvalue weighted by molar-refractivity contribution is -0.138. The summed E-state index contributed by atoms with van der Waals surface area (Å²) in [6, 6.07) is 10.6. The smallest absolute Gasteiger partial charge is 0.226 e. The maximum absolute atomic E-state index is 12.9. The lowest BCUT2D eigenvalue weighted by Gasteiger charge is -2.34. The highest BCUT2D eigenvalue weighted by Gasteiger charge is 2.28. The summed E-state index contributed by atoms with van der Waals surface area (Å²) in [6.07, 6.45) is 4.15. The van der Waals surface area contributed by atoms with Crippen LogP contribution in [-0.4, -0.2) is 30.4 Å². The van der Waals surface area contributed by atoms with E-state index in [0.29, 0.717) is 5.91 Å². The van der Waals surface area contributed by atoms with Gasteiger partial charge in [-0.1, -0.05) is 43.7 Å². The first-order chi connectivity index (χ1) is 10.2. The Bertz CT molecular complexity index is 432. The van der Waals surface area contributed by atoms with Crippen molar-refractivity contribution in [1.29, 1.82) is 0 Å². The molecule has 1 aliphatic rings. The van der Waals surface area contributed by atoms with Crippen LogP contribution in [0.4, 0.5) is 0 Å². The fourth-order valence-electron chi connectivity index (χ4n) is 3.04. The highest BCUT2D eigenvalue weighted by atomic mass is 35.5. The zero-order valence-corrected chi connectivity index (χ0v) is 14.6. The van der Waals surface area contributed by atoms with Crippen molar-refractivity contribution in [2.75, 3.05) is 19.6 Å². The molecule has 4 heteroatoms. The van der Waals surface area contributed by atoms with Gasteiger partial charge in [0, 0.05) is 12.5 Å². The predicted molar refractivity (Wildman–Crippen MR) is 94.3 cm³/mol. The number of benzene rings is 1. The van der Waals surface area contributed by atoms with E-state index in [0.717, 1.165) is 45.3 Å². The van der Waals surface area contributed by atoms with E-state index in [9.17, 15) is 4.79 Å². The molecule has 3 nitrogen and oxygen atoms in total. The molecule has 0 radical (unpaired) electrons. The summed E-state index contributed by atoms with van der Waals surface area (Å²) in [4.78, 5) is 15.0. The third kappa shape index (κ3) is 4.99. The maximum Gasteiger partial charge on any atom is 0.226 e. The molecule has 1 saturated heterocycles. The van der Waals surface area contributed by atoms with Crippen LogP contribution in [0.2, 0.25) is 0 Å². The molecule has 0 spiro atoms. The molecule has 1 atom stereocenters. The van der Waals surface area contributed by atoms with Gasteiger partial charge in [-0.3, -0.25) is 4.79 Å². The molecule has 1 heterocycles. The number of carbonyl (C=O) groups excluding carboxylic acids is 1. The second-order valence-electron chi connectivity index (χ2n) is 6.00. The van der Waals surface area contributed by atoms with Crippen molar-refractivity contribution in [2.24, 2.45) is 5.92 Å². The number of hydrogen-bond acceptors (Lipinski definition) is 2. The summed E-state index contributed by atoms with van der Waals surface area (Å²) in [7, 11) is 0. The van der Waals surface area contributed by atoms with Crippen molar-refractivity contribution in [3.63, 3.8) is 0 Å². The number of nitrogens with one attached hydrogen (secondary N) is 1. The molecule has 1 aliphatic heterocycles. The van der Waals surface area contributed by atoms with E-state index < -0.39 is 0 Å². The summed E-state index contributed by atoms with van der Waals surface area (Å²) >= 11 is 0. The second-order valence-corrected chi connectivity index (χ2v) is 6.00. The number of amides is 1. The number of piperidine rings is 1. The number of unbranched alkanes of at least 4 members (excludes halogenated alkanes) is 1. The van der Waals surface area contributed by atoms with Gasteiger partial charge < -0.3 is 10.2 Å². The number of nitrogens with zero attached hydrogens (tertiary/aromatic N) is 1. The van der Waals surface area contributed by atoms with Gasteiger partial charge >= 0.3 is 0 Å². The Balaban J connectivity index is 0.00000242. The van der Waals surface area contributed by atoms with Gasteiger partial charge in [0.05, 0.1) is 6.04 Å². The Morgan fingerprint density at radius 3 is 2.50 bits per heavy atom. The quantitative estimate of drug-likeness (QED) is 0.863. The minimum atomic E-state index is 0. The van der Waals surface area contributed by atoms with Crippen molar-refractivity contribution < 1.29 is 4.79 Å². The minimum Gasteiger partial charge on any atom is -0.336 e.